The molecule has 0 heterocycles. The maximum absolute atomic E-state index is 13.6. The zero-order valence-corrected chi connectivity index (χ0v) is 13.6. The first-order chi connectivity index (χ1) is 11.3. The van der Waals surface area contributed by atoms with Gasteiger partial charge in [-0.15, -0.1) is 0 Å². The lowest BCUT2D eigenvalue weighted by Gasteiger charge is -2.22. The second-order valence-electron chi connectivity index (χ2n) is 5.24. The topological polar surface area (TPSA) is 81.7 Å². The number of nitrogens with one attached hydrogen (secondary N) is 1. The van der Waals surface area contributed by atoms with Crippen LogP contribution in [0.25, 0.3) is 0 Å². The first kappa shape index (κ1) is 19.5. The van der Waals surface area contributed by atoms with Crippen molar-refractivity contribution < 1.29 is 32.6 Å². The smallest absolute Gasteiger partial charge is 0.328 e. The van der Waals surface area contributed by atoms with E-state index >= 15 is 0 Å². The zero-order valence-electron chi connectivity index (χ0n) is 13.6. The molecule has 0 aliphatic heterocycles. The van der Waals surface area contributed by atoms with Gasteiger partial charge in [-0.05, 0) is 17.5 Å². The van der Waals surface area contributed by atoms with Crippen molar-refractivity contribution in [3.8, 4) is 0 Å². The fraction of sp³-hybridized carbons (Fsp3) is 0.438. The molecule has 24 heavy (non-hydrogen) atoms. The fourth-order valence-corrected chi connectivity index (χ4v) is 2.09. The summed E-state index contributed by atoms with van der Waals surface area (Å²) < 4.78 is 35.6. The molecule has 1 aromatic carbocycles. The predicted octanol–water partition coefficient (Wildman–Crippen LogP) is 1.36. The number of hydrogen-bond donors (Lipinski definition) is 1. The van der Waals surface area contributed by atoms with Gasteiger partial charge < -0.3 is 14.8 Å². The van der Waals surface area contributed by atoms with E-state index in [4.69, 9.17) is 0 Å². The molecule has 8 heteroatoms. The summed E-state index contributed by atoms with van der Waals surface area (Å²) in [7, 11) is 2.35. The average molecular weight is 343 g/mol. The van der Waals surface area contributed by atoms with Gasteiger partial charge in [0.05, 0.1) is 27.1 Å². The number of amides is 1. The normalized spacial score (nSPS) is 12.9. The van der Waals surface area contributed by atoms with Crippen LogP contribution in [0.3, 0.4) is 0 Å². The number of hydrogen-bond acceptors (Lipinski definition) is 5. The van der Waals surface area contributed by atoms with Crippen molar-refractivity contribution in [3.05, 3.63) is 35.4 Å². The highest BCUT2D eigenvalue weighted by Gasteiger charge is 2.29. The van der Waals surface area contributed by atoms with Crippen LogP contribution in [0.15, 0.2) is 18.2 Å². The summed E-state index contributed by atoms with van der Waals surface area (Å²) in [6.07, 6.45) is -0.494. The van der Waals surface area contributed by atoms with Crippen molar-refractivity contribution in [1.29, 1.82) is 0 Å². The van der Waals surface area contributed by atoms with Crippen molar-refractivity contribution in [2.75, 3.05) is 14.2 Å². The first-order valence-corrected chi connectivity index (χ1v) is 7.16. The maximum Gasteiger partial charge on any atom is 0.328 e. The third-order valence-corrected chi connectivity index (χ3v) is 3.42. The van der Waals surface area contributed by atoms with Crippen LogP contribution >= 0.6 is 0 Å². The third kappa shape index (κ3) is 5.60. The van der Waals surface area contributed by atoms with Crippen LogP contribution in [0.1, 0.15) is 18.9 Å². The second-order valence-corrected chi connectivity index (χ2v) is 5.24. The Kier molecular flexibility index (Phi) is 7.29. The third-order valence-electron chi connectivity index (χ3n) is 3.42. The van der Waals surface area contributed by atoms with Gasteiger partial charge in [0.1, 0.15) is 17.7 Å². The number of carbonyl (C=O) groups is 3. The van der Waals surface area contributed by atoms with Crippen molar-refractivity contribution in [1.82, 2.24) is 5.32 Å². The van der Waals surface area contributed by atoms with Gasteiger partial charge >= 0.3 is 11.9 Å². The van der Waals surface area contributed by atoms with Gasteiger partial charge in [-0.25, -0.2) is 13.6 Å². The minimum Gasteiger partial charge on any atom is -0.469 e. The summed E-state index contributed by atoms with van der Waals surface area (Å²) in [6, 6.07) is 1.75. The summed E-state index contributed by atoms with van der Waals surface area (Å²) in [5.74, 6) is -4.15. The van der Waals surface area contributed by atoms with Crippen LogP contribution < -0.4 is 5.32 Å². The molecule has 1 aromatic rings. The molecule has 1 rings (SSSR count). The lowest BCUT2D eigenvalue weighted by Crippen LogP contribution is -2.47. The molecular formula is C16H19F2NO5. The molecule has 0 aromatic heterocycles. The minimum absolute atomic E-state index is 0.0156. The van der Waals surface area contributed by atoms with E-state index in [0.717, 1.165) is 19.2 Å². The van der Waals surface area contributed by atoms with E-state index in [-0.39, 0.29) is 18.4 Å². The molecule has 2 atom stereocenters. The number of rotatable bonds is 7. The molecule has 132 valence electrons. The Morgan fingerprint density at radius 1 is 1.17 bits per heavy atom. The van der Waals surface area contributed by atoms with Crippen molar-refractivity contribution >= 4 is 17.8 Å². The Labute approximate surface area is 138 Å². The van der Waals surface area contributed by atoms with Gasteiger partial charge in [-0.1, -0.05) is 13.0 Å². The van der Waals surface area contributed by atoms with Gasteiger partial charge in [0.15, 0.2) is 0 Å². The summed E-state index contributed by atoms with van der Waals surface area (Å²) in [5.41, 5.74) is -0.0156. The lowest BCUT2D eigenvalue weighted by molar-refractivity contribution is -0.148. The highest BCUT2D eigenvalue weighted by atomic mass is 19.1. The van der Waals surface area contributed by atoms with Gasteiger partial charge in [0.25, 0.3) is 0 Å². The molecule has 6 nitrogen and oxygen atoms in total. The summed E-state index contributed by atoms with van der Waals surface area (Å²) >= 11 is 0. The highest BCUT2D eigenvalue weighted by molar-refractivity contribution is 5.86. The largest absolute Gasteiger partial charge is 0.469 e. The average Bonchev–Trinajstić information content (AvgIpc) is 2.54. The molecule has 0 fully saturated rings. The SMILES string of the molecule is COC(=O)C[C@@H](C)[C@H](NC(=O)Cc1ccc(F)cc1F)C(=O)OC. The molecule has 0 aliphatic rings. The van der Waals surface area contributed by atoms with E-state index in [1.54, 1.807) is 6.92 Å². The summed E-state index contributed by atoms with van der Waals surface area (Å²) in [4.78, 5) is 35.2. The Morgan fingerprint density at radius 3 is 2.38 bits per heavy atom. The van der Waals surface area contributed by atoms with Crippen molar-refractivity contribution in [3.63, 3.8) is 0 Å². The van der Waals surface area contributed by atoms with Crippen LogP contribution in [0, 0.1) is 17.6 Å². The van der Waals surface area contributed by atoms with Gasteiger partial charge in [-0.3, -0.25) is 9.59 Å². The van der Waals surface area contributed by atoms with Crippen LogP contribution in [0.2, 0.25) is 0 Å². The van der Waals surface area contributed by atoms with Crippen LogP contribution in [-0.4, -0.2) is 38.1 Å². The Hall–Kier alpha value is -2.51. The number of benzene rings is 1. The van der Waals surface area contributed by atoms with E-state index in [9.17, 15) is 23.2 Å². The zero-order chi connectivity index (χ0) is 18.3. The molecule has 0 aliphatic carbocycles. The molecule has 0 radical (unpaired) electrons. The molecule has 0 saturated heterocycles. The Balaban J connectivity index is 2.80. The summed E-state index contributed by atoms with van der Waals surface area (Å²) in [6.45, 7) is 1.57. The van der Waals surface area contributed by atoms with Crippen molar-refractivity contribution in [2.24, 2.45) is 5.92 Å². The highest BCUT2D eigenvalue weighted by Crippen LogP contribution is 2.13. The number of methoxy groups -OCH3 is 2. The standard InChI is InChI=1S/C16H19F2NO5/c1-9(6-14(21)23-2)15(16(22)24-3)19-13(20)7-10-4-5-11(17)8-12(10)18/h4-5,8-9,15H,6-7H2,1-3H3,(H,19,20)/t9-,15+/m1/s1. The molecule has 1 N–H and O–H groups in total. The molecule has 0 spiro atoms. The van der Waals surface area contributed by atoms with Crippen molar-refractivity contribution in [2.45, 2.75) is 25.8 Å². The minimum atomic E-state index is -1.09. The molecular weight excluding hydrogens is 324 g/mol. The second kappa shape index (κ2) is 8.95. The maximum atomic E-state index is 13.6. The molecule has 0 saturated carbocycles. The van der Waals surface area contributed by atoms with E-state index < -0.39 is 41.4 Å². The van der Waals surface area contributed by atoms with Gasteiger partial charge in [-0.2, -0.15) is 0 Å². The van der Waals surface area contributed by atoms with E-state index in [1.807, 2.05) is 0 Å². The van der Waals surface area contributed by atoms with E-state index in [2.05, 4.69) is 14.8 Å². The van der Waals surface area contributed by atoms with Crippen LogP contribution in [0.5, 0.6) is 0 Å². The van der Waals surface area contributed by atoms with Crippen LogP contribution in [0.4, 0.5) is 8.78 Å². The number of ether oxygens (including phenoxy) is 2. The first-order valence-electron chi connectivity index (χ1n) is 7.16. The predicted molar refractivity (Wildman–Crippen MR) is 79.8 cm³/mol. The Morgan fingerprint density at radius 2 is 1.83 bits per heavy atom. The summed E-state index contributed by atoms with van der Waals surface area (Å²) in [5, 5.41) is 2.41. The number of halogens is 2. The number of carbonyl (C=O) groups excluding carboxylic acids is 3. The monoisotopic (exact) mass is 343 g/mol. The van der Waals surface area contributed by atoms with E-state index in [0.29, 0.717) is 6.07 Å². The molecule has 0 bridgehead atoms. The van der Waals surface area contributed by atoms with Gasteiger partial charge in [0, 0.05) is 6.07 Å². The quantitative estimate of drug-likeness (QED) is 0.756. The molecule has 0 unspecified atom stereocenters. The fourth-order valence-electron chi connectivity index (χ4n) is 2.09. The lowest BCUT2D eigenvalue weighted by atomic mass is 9.97. The Bertz CT molecular complexity index is 620. The molecule has 1 amide bonds. The number of esters is 2. The van der Waals surface area contributed by atoms with Gasteiger partial charge in [0.2, 0.25) is 5.91 Å². The van der Waals surface area contributed by atoms with E-state index in [1.165, 1.54) is 7.11 Å². The van der Waals surface area contributed by atoms with Crippen LogP contribution in [-0.2, 0) is 30.3 Å².